The molecule has 29 heavy (non-hydrogen) atoms. The fourth-order valence-electron chi connectivity index (χ4n) is 3.86. The number of fused-ring (bicyclic) bond motifs is 1. The van der Waals surface area contributed by atoms with Crippen LogP contribution in [0.15, 0.2) is 42.7 Å². The normalized spacial score (nSPS) is 19.7. The first-order valence-electron chi connectivity index (χ1n) is 10.1. The number of piperidine rings is 1. The molecule has 0 bridgehead atoms. The highest BCUT2D eigenvalue weighted by atomic mass is 35.5. The van der Waals surface area contributed by atoms with Gasteiger partial charge in [-0.05, 0) is 55.6 Å². The van der Waals surface area contributed by atoms with Crippen LogP contribution >= 0.6 is 11.6 Å². The van der Waals surface area contributed by atoms with Crippen molar-refractivity contribution in [3.05, 3.63) is 53.3 Å². The standard InChI is InChI=1S/C22H26ClN3O3/c23-19-4-1-5-20-22(19)29-18(15-28-20)14-26-9-6-16(7-10-26)13-25-21(27)11-17-3-2-8-24-12-17/h1-5,8,12,16,18H,6-7,9-11,13-15H2,(H,25,27). The minimum atomic E-state index is -0.0156. The van der Waals surface area contributed by atoms with Gasteiger partial charge in [-0.25, -0.2) is 0 Å². The summed E-state index contributed by atoms with van der Waals surface area (Å²) in [6, 6.07) is 9.34. The minimum absolute atomic E-state index is 0.0156. The Labute approximate surface area is 176 Å². The Balaban J connectivity index is 1.17. The topological polar surface area (TPSA) is 63.7 Å². The van der Waals surface area contributed by atoms with Gasteiger partial charge in [-0.3, -0.25) is 14.7 Å². The summed E-state index contributed by atoms with van der Waals surface area (Å²) < 4.78 is 11.9. The first-order valence-corrected chi connectivity index (χ1v) is 10.5. The Morgan fingerprint density at radius 1 is 1.24 bits per heavy atom. The van der Waals surface area contributed by atoms with E-state index in [1.807, 2.05) is 30.3 Å². The van der Waals surface area contributed by atoms with Crippen molar-refractivity contribution >= 4 is 17.5 Å². The van der Waals surface area contributed by atoms with Gasteiger partial charge in [0.15, 0.2) is 11.5 Å². The second kappa shape index (κ2) is 9.46. The number of para-hydroxylation sites is 1. The summed E-state index contributed by atoms with van der Waals surface area (Å²) in [6.07, 6.45) is 5.96. The molecule has 1 amide bonds. The van der Waals surface area contributed by atoms with E-state index in [0.29, 0.717) is 29.7 Å². The van der Waals surface area contributed by atoms with E-state index in [0.717, 1.165) is 50.3 Å². The molecule has 154 valence electrons. The van der Waals surface area contributed by atoms with Crippen LogP contribution in [0.3, 0.4) is 0 Å². The summed E-state index contributed by atoms with van der Waals surface area (Å²) in [7, 11) is 0. The summed E-state index contributed by atoms with van der Waals surface area (Å²) in [5.74, 6) is 1.94. The van der Waals surface area contributed by atoms with Crippen LogP contribution in [0, 0.1) is 5.92 Å². The van der Waals surface area contributed by atoms with Crippen LogP contribution in [-0.4, -0.2) is 54.7 Å². The number of amides is 1. The van der Waals surface area contributed by atoms with Gasteiger partial charge in [0.05, 0.1) is 11.4 Å². The average Bonchev–Trinajstić information content (AvgIpc) is 2.75. The zero-order valence-corrected chi connectivity index (χ0v) is 17.1. The number of aromatic nitrogens is 1. The third-order valence-corrected chi connectivity index (χ3v) is 5.78. The lowest BCUT2D eigenvalue weighted by Gasteiger charge is -2.35. The van der Waals surface area contributed by atoms with Gasteiger partial charge < -0.3 is 14.8 Å². The molecule has 0 radical (unpaired) electrons. The van der Waals surface area contributed by atoms with Crippen LogP contribution in [-0.2, 0) is 11.2 Å². The molecule has 1 atom stereocenters. The van der Waals surface area contributed by atoms with Crippen LogP contribution < -0.4 is 14.8 Å². The number of nitrogens with zero attached hydrogens (tertiary/aromatic N) is 2. The molecule has 1 saturated heterocycles. The van der Waals surface area contributed by atoms with Crippen LogP contribution in [0.4, 0.5) is 0 Å². The monoisotopic (exact) mass is 415 g/mol. The average molecular weight is 416 g/mol. The van der Waals surface area contributed by atoms with Crippen molar-refractivity contribution < 1.29 is 14.3 Å². The quantitative estimate of drug-likeness (QED) is 0.785. The van der Waals surface area contributed by atoms with E-state index in [1.165, 1.54) is 0 Å². The number of pyridine rings is 1. The molecule has 1 fully saturated rings. The van der Waals surface area contributed by atoms with E-state index in [-0.39, 0.29) is 12.0 Å². The Bertz CT molecular complexity index is 825. The molecule has 2 aliphatic heterocycles. The molecule has 1 aromatic heterocycles. The number of benzene rings is 1. The molecule has 3 heterocycles. The first kappa shape index (κ1) is 20.0. The maximum absolute atomic E-state index is 12.1. The number of nitrogens with one attached hydrogen (secondary N) is 1. The number of ether oxygens (including phenoxy) is 2. The zero-order valence-electron chi connectivity index (χ0n) is 16.4. The summed E-state index contributed by atoms with van der Waals surface area (Å²) >= 11 is 6.22. The molecule has 0 aliphatic carbocycles. The van der Waals surface area contributed by atoms with E-state index in [2.05, 4.69) is 15.2 Å². The molecule has 0 saturated carbocycles. The molecule has 4 rings (SSSR count). The van der Waals surface area contributed by atoms with Crippen LogP contribution in [0.5, 0.6) is 11.5 Å². The molecule has 0 spiro atoms. The summed E-state index contributed by atoms with van der Waals surface area (Å²) in [4.78, 5) is 18.6. The highest BCUT2D eigenvalue weighted by Crippen LogP contribution is 2.38. The van der Waals surface area contributed by atoms with Crippen molar-refractivity contribution in [2.75, 3.05) is 32.8 Å². The lowest BCUT2D eigenvalue weighted by Crippen LogP contribution is -2.45. The summed E-state index contributed by atoms with van der Waals surface area (Å²) in [6.45, 7) is 4.10. The van der Waals surface area contributed by atoms with E-state index < -0.39 is 0 Å². The van der Waals surface area contributed by atoms with Gasteiger partial charge in [-0.15, -0.1) is 0 Å². The fraction of sp³-hybridized carbons (Fsp3) is 0.455. The number of carbonyl (C=O) groups excluding carboxylic acids is 1. The largest absolute Gasteiger partial charge is 0.486 e. The molecule has 2 aliphatic rings. The van der Waals surface area contributed by atoms with E-state index in [9.17, 15) is 4.79 Å². The Morgan fingerprint density at radius 3 is 2.90 bits per heavy atom. The predicted octanol–water partition coefficient (Wildman–Crippen LogP) is 2.95. The number of hydrogen-bond donors (Lipinski definition) is 1. The number of hydrogen-bond acceptors (Lipinski definition) is 5. The minimum Gasteiger partial charge on any atom is -0.486 e. The molecular weight excluding hydrogens is 390 g/mol. The lowest BCUT2D eigenvalue weighted by molar-refractivity contribution is -0.120. The van der Waals surface area contributed by atoms with Gasteiger partial charge >= 0.3 is 0 Å². The Morgan fingerprint density at radius 2 is 2.10 bits per heavy atom. The van der Waals surface area contributed by atoms with Gasteiger partial charge in [0, 0.05) is 25.5 Å². The Kier molecular flexibility index (Phi) is 6.52. The van der Waals surface area contributed by atoms with Crippen molar-refractivity contribution in [3.63, 3.8) is 0 Å². The predicted molar refractivity (Wildman–Crippen MR) is 111 cm³/mol. The van der Waals surface area contributed by atoms with E-state index in [1.54, 1.807) is 12.4 Å². The summed E-state index contributed by atoms with van der Waals surface area (Å²) in [5.41, 5.74) is 0.941. The molecular formula is C22H26ClN3O3. The third kappa shape index (κ3) is 5.40. The van der Waals surface area contributed by atoms with Crippen LogP contribution in [0.2, 0.25) is 5.02 Å². The molecule has 7 heteroatoms. The smallest absolute Gasteiger partial charge is 0.224 e. The number of rotatable bonds is 6. The highest BCUT2D eigenvalue weighted by Gasteiger charge is 2.27. The number of carbonyl (C=O) groups is 1. The summed E-state index contributed by atoms with van der Waals surface area (Å²) in [5, 5.41) is 3.66. The first-order chi connectivity index (χ1) is 14.2. The SMILES string of the molecule is O=C(Cc1cccnc1)NCC1CCN(CC2COc3cccc(Cl)c3O2)CC1. The van der Waals surface area contributed by atoms with Gasteiger partial charge in [0.25, 0.3) is 0 Å². The Hall–Kier alpha value is -2.31. The van der Waals surface area contributed by atoms with Gasteiger partial charge in [-0.2, -0.15) is 0 Å². The maximum atomic E-state index is 12.1. The second-order valence-corrected chi connectivity index (χ2v) is 8.11. The number of halogens is 1. The van der Waals surface area contributed by atoms with Gasteiger partial charge in [0.2, 0.25) is 5.91 Å². The van der Waals surface area contributed by atoms with Gasteiger partial charge in [0.1, 0.15) is 12.7 Å². The highest BCUT2D eigenvalue weighted by molar-refractivity contribution is 6.32. The molecule has 6 nitrogen and oxygen atoms in total. The van der Waals surface area contributed by atoms with E-state index >= 15 is 0 Å². The fourth-order valence-corrected chi connectivity index (χ4v) is 4.07. The van der Waals surface area contributed by atoms with Crippen molar-refractivity contribution in [2.45, 2.75) is 25.4 Å². The third-order valence-electron chi connectivity index (χ3n) is 5.48. The van der Waals surface area contributed by atoms with Crippen molar-refractivity contribution in [2.24, 2.45) is 5.92 Å². The lowest BCUT2D eigenvalue weighted by atomic mass is 9.96. The van der Waals surface area contributed by atoms with Crippen LogP contribution in [0.1, 0.15) is 18.4 Å². The van der Waals surface area contributed by atoms with Crippen molar-refractivity contribution in [1.29, 1.82) is 0 Å². The number of likely N-dealkylation sites (tertiary alicyclic amines) is 1. The molecule has 1 N–H and O–H groups in total. The van der Waals surface area contributed by atoms with Crippen molar-refractivity contribution in [1.82, 2.24) is 15.2 Å². The van der Waals surface area contributed by atoms with Crippen molar-refractivity contribution in [3.8, 4) is 11.5 Å². The molecule has 1 unspecified atom stereocenters. The van der Waals surface area contributed by atoms with Gasteiger partial charge in [-0.1, -0.05) is 23.7 Å². The molecule has 2 aromatic rings. The maximum Gasteiger partial charge on any atom is 0.224 e. The molecule has 1 aromatic carbocycles. The van der Waals surface area contributed by atoms with Crippen LogP contribution in [0.25, 0.3) is 0 Å². The zero-order chi connectivity index (χ0) is 20.1. The van der Waals surface area contributed by atoms with E-state index in [4.69, 9.17) is 21.1 Å². The second-order valence-electron chi connectivity index (χ2n) is 7.70.